The Hall–Kier alpha value is -2.27. The molecule has 1 saturated heterocycles. The Labute approximate surface area is 116 Å². The summed E-state index contributed by atoms with van der Waals surface area (Å²) in [4.78, 5) is 27.1. The van der Waals surface area contributed by atoms with Gasteiger partial charge in [-0.05, 0) is 24.1 Å². The zero-order valence-corrected chi connectivity index (χ0v) is 10.9. The lowest BCUT2D eigenvalue weighted by molar-refractivity contribution is -0.134. The second kappa shape index (κ2) is 5.38. The summed E-state index contributed by atoms with van der Waals surface area (Å²) in [6, 6.07) is 9.54. The molecule has 1 aromatic carbocycles. The van der Waals surface area contributed by atoms with Crippen molar-refractivity contribution >= 4 is 22.7 Å². The Morgan fingerprint density at radius 2 is 2.10 bits per heavy atom. The van der Waals surface area contributed by atoms with Gasteiger partial charge in [-0.1, -0.05) is 18.2 Å². The van der Waals surface area contributed by atoms with E-state index in [2.05, 4.69) is 15.6 Å². The van der Waals surface area contributed by atoms with Crippen LogP contribution in [-0.2, 0) is 16.1 Å². The summed E-state index contributed by atoms with van der Waals surface area (Å²) < 4.78 is 0. The third kappa shape index (κ3) is 2.53. The molecule has 2 aromatic rings. The van der Waals surface area contributed by atoms with Crippen molar-refractivity contribution in [3.8, 4) is 0 Å². The van der Waals surface area contributed by atoms with Crippen LogP contribution < -0.4 is 10.6 Å². The van der Waals surface area contributed by atoms with E-state index in [1.54, 1.807) is 6.20 Å². The SMILES string of the molecule is O=C1CCC(NCc2ccnc3ccccc23)C(=O)N1. The van der Waals surface area contributed by atoms with Crippen LogP contribution in [0.1, 0.15) is 18.4 Å². The highest BCUT2D eigenvalue weighted by molar-refractivity contribution is 6.00. The quantitative estimate of drug-likeness (QED) is 0.819. The van der Waals surface area contributed by atoms with Crippen LogP contribution in [0.15, 0.2) is 36.5 Å². The summed E-state index contributed by atoms with van der Waals surface area (Å²) in [6.45, 7) is 0.579. The van der Waals surface area contributed by atoms with Crippen molar-refractivity contribution in [1.82, 2.24) is 15.6 Å². The average Bonchev–Trinajstić information content (AvgIpc) is 2.46. The maximum atomic E-state index is 11.7. The highest BCUT2D eigenvalue weighted by atomic mass is 16.2. The van der Waals surface area contributed by atoms with Crippen molar-refractivity contribution in [2.24, 2.45) is 0 Å². The van der Waals surface area contributed by atoms with Crippen LogP contribution in [-0.4, -0.2) is 22.8 Å². The summed E-state index contributed by atoms with van der Waals surface area (Å²) >= 11 is 0. The minimum absolute atomic E-state index is 0.192. The zero-order valence-electron chi connectivity index (χ0n) is 10.9. The van der Waals surface area contributed by atoms with Gasteiger partial charge in [0.05, 0.1) is 11.6 Å². The maximum Gasteiger partial charge on any atom is 0.243 e. The van der Waals surface area contributed by atoms with E-state index in [4.69, 9.17) is 0 Å². The van der Waals surface area contributed by atoms with Gasteiger partial charge in [-0.3, -0.25) is 19.9 Å². The molecule has 5 heteroatoms. The summed E-state index contributed by atoms with van der Waals surface area (Å²) in [5.41, 5.74) is 2.04. The largest absolute Gasteiger partial charge is 0.302 e. The second-order valence-corrected chi connectivity index (χ2v) is 4.87. The van der Waals surface area contributed by atoms with Gasteiger partial charge in [-0.15, -0.1) is 0 Å². The number of piperidine rings is 1. The van der Waals surface area contributed by atoms with E-state index >= 15 is 0 Å². The van der Waals surface area contributed by atoms with Crippen molar-refractivity contribution in [2.45, 2.75) is 25.4 Å². The first-order chi connectivity index (χ1) is 9.74. The second-order valence-electron chi connectivity index (χ2n) is 4.87. The molecule has 2 amide bonds. The van der Waals surface area contributed by atoms with E-state index in [-0.39, 0.29) is 17.9 Å². The molecule has 0 aliphatic carbocycles. The molecule has 1 aliphatic heterocycles. The van der Waals surface area contributed by atoms with Crippen LogP contribution in [0.2, 0.25) is 0 Å². The molecule has 20 heavy (non-hydrogen) atoms. The molecule has 0 saturated carbocycles. The highest BCUT2D eigenvalue weighted by Gasteiger charge is 2.25. The lowest BCUT2D eigenvalue weighted by Crippen LogP contribution is -2.50. The first kappa shape index (κ1) is 12.7. The van der Waals surface area contributed by atoms with Gasteiger partial charge in [0.1, 0.15) is 0 Å². The Morgan fingerprint density at radius 1 is 1.25 bits per heavy atom. The highest BCUT2D eigenvalue weighted by Crippen LogP contribution is 2.16. The van der Waals surface area contributed by atoms with Crippen molar-refractivity contribution in [1.29, 1.82) is 0 Å². The van der Waals surface area contributed by atoms with E-state index in [0.29, 0.717) is 19.4 Å². The van der Waals surface area contributed by atoms with Crippen molar-refractivity contribution in [3.05, 3.63) is 42.1 Å². The molecule has 0 radical (unpaired) electrons. The minimum atomic E-state index is -0.306. The molecule has 5 nitrogen and oxygen atoms in total. The van der Waals surface area contributed by atoms with Gasteiger partial charge in [0.25, 0.3) is 0 Å². The molecule has 1 atom stereocenters. The summed E-state index contributed by atoms with van der Waals surface area (Å²) in [6.07, 6.45) is 2.71. The standard InChI is InChI=1S/C15H15N3O2/c19-14-6-5-13(15(20)18-14)17-9-10-7-8-16-12-4-2-1-3-11(10)12/h1-4,7-8,13,17H,5-6,9H2,(H,18,19,20). The number of fused-ring (bicyclic) bond motifs is 1. The fourth-order valence-electron chi connectivity index (χ4n) is 2.43. The number of hydrogen-bond donors (Lipinski definition) is 2. The molecule has 102 valence electrons. The molecule has 3 rings (SSSR count). The Kier molecular flexibility index (Phi) is 3.43. The number of amides is 2. The van der Waals surface area contributed by atoms with Gasteiger partial charge in [-0.25, -0.2) is 0 Å². The monoisotopic (exact) mass is 269 g/mol. The summed E-state index contributed by atoms with van der Waals surface area (Å²) in [5.74, 6) is -0.429. The average molecular weight is 269 g/mol. The molecule has 2 N–H and O–H groups in total. The van der Waals surface area contributed by atoms with Crippen LogP contribution in [0.25, 0.3) is 10.9 Å². The number of nitrogens with zero attached hydrogens (tertiary/aromatic N) is 1. The van der Waals surface area contributed by atoms with Gasteiger partial charge >= 0.3 is 0 Å². The molecule has 0 spiro atoms. The predicted molar refractivity (Wildman–Crippen MR) is 74.8 cm³/mol. The number of nitrogens with one attached hydrogen (secondary N) is 2. The van der Waals surface area contributed by atoms with Crippen molar-refractivity contribution in [2.75, 3.05) is 0 Å². The number of hydrogen-bond acceptors (Lipinski definition) is 4. The molecular formula is C15H15N3O2. The fourth-order valence-corrected chi connectivity index (χ4v) is 2.43. The van der Waals surface area contributed by atoms with Crippen LogP contribution in [0, 0.1) is 0 Å². The Balaban J connectivity index is 1.74. The molecule has 2 heterocycles. The van der Waals surface area contributed by atoms with Gasteiger partial charge in [0.15, 0.2) is 0 Å². The number of pyridine rings is 1. The maximum absolute atomic E-state index is 11.7. The van der Waals surface area contributed by atoms with Crippen molar-refractivity contribution in [3.63, 3.8) is 0 Å². The predicted octanol–water partition coefficient (Wildman–Crippen LogP) is 1.13. The molecule has 1 fully saturated rings. The molecular weight excluding hydrogens is 254 g/mol. The molecule has 0 bridgehead atoms. The van der Waals surface area contributed by atoms with Gasteiger partial charge < -0.3 is 5.32 Å². The Morgan fingerprint density at radius 3 is 2.95 bits per heavy atom. The Bertz CT molecular complexity index is 664. The number of carbonyl (C=O) groups excluding carboxylic acids is 2. The lowest BCUT2D eigenvalue weighted by Gasteiger charge is -2.22. The zero-order chi connectivity index (χ0) is 13.9. The smallest absolute Gasteiger partial charge is 0.243 e. The third-order valence-corrected chi connectivity index (χ3v) is 3.52. The van der Waals surface area contributed by atoms with E-state index in [0.717, 1.165) is 16.5 Å². The third-order valence-electron chi connectivity index (χ3n) is 3.52. The fraction of sp³-hybridized carbons (Fsp3) is 0.267. The van der Waals surface area contributed by atoms with E-state index in [1.807, 2.05) is 30.3 Å². The van der Waals surface area contributed by atoms with Crippen LogP contribution in [0.4, 0.5) is 0 Å². The molecule has 1 aliphatic rings. The first-order valence-electron chi connectivity index (χ1n) is 6.64. The summed E-state index contributed by atoms with van der Waals surface area (Å²) in [7, 11) is 0. The topological polar surface area (TPSA) is 71.1 Å². The number of aromatic nitrogens is 1. The van der Waals surface area contributed by atoms with Gasteiger partial charge in [0, 0.05) is 24.5 Å². The number of para-hydroxylation sites is 1. The van der Waals surface area contributed by atoms with Crippen LogP contribution >= 0.6 is 0 Å². The first-order valence-corrected chi connectivity index (χ1v) is 6.64. The number of benzene rings is 1. The number of imide groups is 1. The molecule has 1 aromatic heterocycles. The minimum Gasteiger partial charge on any atom is -0.302 e. The lowest BCUT2D eigenvalue weighted by atomic mass is 10.0. The molecule has 1 unspecified atom stereocenters. The van der Waals surface area contributed by atoms with Crippen LogP contribution in [0.3, 0.4) is 0 Å². The van der Waals surface area contributed by atoms with E-state index in [9.17, 15) is 9.59 Å². The normalized spacial score (nSPS) is 19.1. The number of carbonyl (C=O) groups is 2. The van der Waals surface area contributed by atoms with Gasteiger partial charge in [-0.2, -0.15) is 0 Å². The summed E-state index contributed by atoms with van der Waals surface area (Å²) in [5, 5.41) is 6.64. The van der Waals surface area contributed by atoms with Crippen molar-refractivity contribution < 1.29 is 9.59 Å². The van der Waals surface area contributed by atoms with Gasteiger partial charge in [0.2, 0.25) is 11.8 Å². The van der Waals surface area contributed by atoms with Crippen LogP contribution in [0.5, 0.6) is 0 Å². The van der Waals surface area contributed by atoms with E-state index in [1.165, 1.54) is 0 Å². The number of rotatable bonds is 3. The van der Waals surface area contributed by atoms with E-state index < -0.39 is 0 Å².